The molecule has 2 N–H and O–H groups in total. The molecule has 1 saturated heterocycles. The van der Waals surface area contributed by atoms with Gasteiger partial charge in [0.05, 0.1) is 0 Å². The number of nitrogens with zero attached hydrogens (tertiary/aromatic N) is 2. The van der Waals surface area contributed by atoms with E-state index in [1.165, 1.54) is 0 Å². The molecule has 4 heteroatoms. The number of hydrogen-bond acceptors (Lipinski definition) is 2. The van der Waals surface area contributed by atoms with Crippen LogP contribution in [-0.4, -0.2) is 48.6 Å². The number of primary amides is 1. The van der Waals surface area contributed by atoms with Crippen LogP contribution in [0.5, 0.6) is 0 Å². The van der Waals surface area contributed by atoms with Crippen molar-refractivity contribution in [1.82, 2.24) is 9.80 Å². The summed E-state index contributed by atoms with van der Waals surface area (Å²) in [4.78, 5) is 14.7. The van der Waals surface area contributed by atoms with Crippen LogP contribution in [0, 0.1) is 0 Å². The molecule has 0 aliphatic carbocycles. The number of rotatable bonds is 1. The number of nitrogens with two attached hydrogens (primary N) is 1. The number of urea groups is 1. The second-order valence-electron chi connectivity index (χ2n) is 2.76. The monoisotopic (exact) mass is 187 g/mol. The molecule has 1 aliphatic heterocycles. The van der Waals surface area contributed by atoms with Gasteiger partial charge in [0, 0.05) is 26.2 Å². The van der Waals surface area contributed by atoms with Gasteiger partial charge in [-0.05, 0) is 6.54 Å². The van der Waals surface area contributed by atoms with Crippen molar-refractivity contribution >= 4 is 6.03 Å². The molecule has 0 saturated carbocycles. The fourth-order valence-corrected chi connectivity index (χ4v) is 1.28. The molecule has 0 atom stereocenters. The smallest absolute Gasteiger partial charge is 0.314 e. The van der Waals surface area contributed by atoms with E-state index in [9.17, 15) is 4.79 Å². The Morgan fingerprint density at radius 3 is 2.00 bits per heavy atom. The van der Waals surface area contributed by atoms with Crippen molar-refractivity contribution in [3.63, 3.8) is 0 Å². The van der Waals surface area contributed by atoms with Crippen LogP contribution in [0.25, 0.3) is 0 Å². The molecule has 0 aromatic rings. The van der Waals surface area contributed by atoms with Crippen LogP contribution in [0.1, 0.15) is 20.8 Å². The number of carbonyl (C=O) groups excluding carboxylic acids is 1. The Hall–Kier alpha value is -0.770. The van der Waals surface area contributed by atoms with Gasteiger partial charge in [-0.15, -0.1) is 0 Å². The minimum Gasteiger partial charge on any atom is -0.351 e. The van der Waals surface area contributed by atoms with E-state index in [0.29, 0.717) is 0 Å². The molecule has 1 heterocycles. The van der Waals surface area contributed by atoms with E-state index >= 15 is 0 Å². The summed E-state index contributed by atoms with van der Waals surface area (Å²) in [7, 11) is 0. The Bertz CT molecular complexity index is 142. The molecular weight excluding hydrogens is 166 g/mol. The molecule has 4 nitrogen and oxygen atoms in total. The maximum absolute atomic E-state index is 10.7. The van der Waals surface area contributed by atoms with Gasteiger partial charge in [-0.2, -0.15) is 0 Å². The first kappa shape index (κ1) is 12.2. The van der Waals surface area contributed by atoms with E-state index in [2.05, 4.69) is 11.8 Å². The first-order valence-electron chi connectivity index (χ1n) is 5.00. The SMILES string of the molecule is CC.CCN1CCN(C(N)=O)CC1. The Morgan fingerprint density at radius 1 is 1.23 bits per heavy atom. The van der Waals surface area contributed by atoms with Crippen molar-refractivity contribution < 1.29 is 4.79 Å². The zero-order chi connectivity index (χ0) is 10.3. The lowest BCUT2D eigenvalue weighted by Crippen LogP contribution is -2.50. The maximum atomic E-state index is 10.7. The van der Waals surface area contributed by atoms with Gasteiger partial charge in [-0.25, -0.2) is 4.79 Å². The molecule has 0 spiro atoms. The van der Waals surface area contributed by atoms with E-state index < -0.39 is 0 Å². The number of likely N-dealkylation sites (N-methyl/N-ethyl adjacent to an activating group) is 1. The molecule has 0 aromatic carbocycles. The molecule has 78 valence electrons. The van der Waals surface area contributed by atoms with E-state index in [4.69, 9.17) is 5.73 Å². The maximum Gasteiger partial charge on any atom is 0.314 e. The van der Waals surface area contributed by atoms with Gasteiger partial charge in [0.25, 0.3) is 0 Å². The summed E-state index contributed by atoms with van der Waals surface area (Å²) in [6.07, 6.45) is 0. The Balaban J connectivity index is 0.000000671. The van der Waals surface area contributed by atoms with Crippen LogP contribution in [-0.2, 0) is 0 Å². The highest BCUT2D eigenvalue weighted by atomic mass is 16.2. The molecule has 1 aliphatic rings. The first-order chi connectivity index (χ1) is 6.24. The highest BCUT2D eigenvalue weighted by Crippen LogP contribution is 1.99. The van der Waals surface area contributed by atoms with Crippen molar-refractivity contribution in [1.29, 1.82) is 0 Å². The molecule has 0 aromatic heterocycles. The van der Waals surface area contributed by atoms with Crippen LogP contribution >= 0.6 is 0 Å². The summed E-state index contributed by atoms with van der Waals surface area (Å²) in [6.45, 7) is 10.7. The van der Waals surface area contributed by atoms with Crippen LogP contribution < -0.4 is 5.73 Å². The summed E-state index contributed by atoms with van der Waals surface area (Å²) in [5, 5.41) is 0. The predicted octanol–water partition coefficient (Wildman–Crippen LogP) is 0.729. The standard InChI is InChI=1S/C7H15N3O.C2H6/c1-2-9-3-5-10(6-4-9)7(8)11;1-2/h2-6H2,1H3,(H2,8,11);1-2H3. The zero-order valence-corrected chi connectivity index (χ0v) is 8.92. The average molecular weight is 187 g/mol. The topological polar surface area (TPSA) is 49.6 Å². The van der Waals surface area contributed by atoms with Crippen LogP contribution in [0.15, 0.2) is 0 Å². The van der Waals surface area contributed by atoms with E-state index in [1.54, 1.807) is 4.90 Å². The van der Waals surface area contributed by atoms with Gasteiger partial charge in [-0.1, -0.05) is 20.8 Å². The van der Waals surface area contributed by atoms with Crippen molar-refractivity contribution in [3.8, 4) is 0 Å². The highest BCUT2D eigenvalue weighted by molar-refractivity contribution is 5.72. The summed E-state index contributed by atoms with van der Waals surface area (Å²) in [6, 6.07) is -0.291. The van der Waals surface area contributed by atoms with Gasteiger partial charge in [0.15, 0.2) is 0 Å². The molecule has 0 radical (unpaired) electrons. The van der Waals surface area contributed by atoms with Crippen molar-refractivity contribution in [2.45, 2.75) is 20.8 Å². The van der Waals surface area contributed by atoms with Crippen molar-refractivity contribution in [3.05, 3.63) is 0 Å². The third-order valence-electron chi connectivity index (χ3n) is 2.13. The molecule has 0 unspecified atom stereocenters. The second-order valence-corrected chi connectivity index (χ2v) is 2.76. The van der Waals surface area contributed by atoms with Crippen molar-refractivity contribution in [2.75, 3.05) is 32.7 Å². The average Bonchev–Trinajstić information content (AvgIpc) is 2.21. The van der Waals surface area contributed by atoms with E-state index in [1.807, 2.05) is 13.8 Å². The molecule has 13 heavy (non-hydrogen) atoms. The quantitative estimate of drug-likeness (QED) is 0.658. The normalized spacial score (nSPS) is 17.6. The molecule has 1 fully saturated rings. The number of piperazine rings is 1. The Morgan fingerprint density at radius 2 is 1.69 bits per heavy atom. The summed E-state index contributed by atoms with van der Waals surface area (Å²) in [5.41, 5.74) is 5.12. The van der Waals surface area contributed by atoms with E-state index in [0.717, 1.165) is 32.7 Å². The highest BCUT2D eigenvalue weighted by Gasteiger charge is 2.17. The molecule has 2 amide bonds. The Kier molecular flexibility index (Phi) is 6.32. The van der Waals surface area contributed by atoms with Gasteiger partial charge in [0.1, 0.15) is 0 Å². The molecular formula is C9H21N3O. The lowest BCUT2D eigenvalue weighted by molar-refractivity contribution is 0.149. The van der Waals surface area contributed by atoms with Gasteiger partial charge in [-0.3, -0.25) is 0 Å². The first-order valence-corrected chi connectivity index (χ1v) is 5.00. The molecule has 1 rings (SSSR count). The largest absolute Gasteiger partial charge is 0.351 e. The van der Waals surface area contributed by atoms with Crippen LogP contribution in [0.3, 0.4) is 0 Å². The lowest BCUT2D eigenvalue weighted by Gasteiger charge is -2.32. The molecule has 0 bridgehead atoms. The number of hydrogen-bond donors (Lipinski definition) is 1. The van der Waals surface area contributed by atoms with E-state index in [-0.39, 0.29) is 6.03 Å². The minimum atomic E-state index is -0.291. The van der Waals surface area contributed by atoms with Gasteiger partial charge < -0.3 is 15.5 Å². The summed E-state index contributed by atoms with van der Waals surface area (Å²) < 4.78 is 0. The second kappa shape index (κ2) is 6.71. The Labute approximate surface area is 80.7 Å². The fraction of sp³-hybridized carbons (Fsp3) is 0.889. The van der Waals surface area contributed by atoms with Gasteiger partial charge in [0.2, 0.25) is 0 Å². The third kappa shape index (κ3) is 4.12. The third-order valence-corrected chi connectivity index (χ3v) is 2.13. The summed E-state index contributed by atoms with van der Waals surface area (Å²) >= 11 is 0. The van der Waals surface area contributed by atoms with Crippen LogP contribution in [0.4, 0.5) is 4.79 Å². The lowest BCUT2D eigenvalue weighted by atomic mass is 10.3. The number of carbonyl (C=O) groups is 1. The fourth-order valence-electron chi connectivity index (χ4n) is 1.28. The zero-order valence-electron chi connectivity index (χ0n) is 8.92. The number of amides is 2. The van der Waals surface area contributed by atoms with Crippen LogP contribution in [0.2, 0.25) is 0 Å². The van der Waals surface area contributed by atoms with Gasteiger partial charge >= 0.3 is 6.03 Å². The minimum absolute atomic E-state index is 0.291. The van der Waals surface area contributed by atoms with Crippen molar-refractivity contribution in [2.24, 2.45) is 5.73 Å². The predicted molar refractivity (Wildman–Crippen MR) is 54.6 cm³/mol. The summed E-state index contributed by atoms with van der Waals surface area (Å²) in [5.74, 6) is 0.